The summed E-state index contributed by atoms with van der Waals surface area (Å²) in [5, 5.41) is 0. The van der Waals surface area contributed by atoms with Crippen molar-refractivity contribution < 1.29 is 9.53 Å². The molecule has 5 nitrogen and oxygen atoms in total. The number of nitrogens with zero attached hydrogens (tertiary/aromatic N) is 3. The average Bonchev–Trinajstić information content (AvgIpc) is 2.43. The van der Waals surface area contributed by atoms with E-state index in [9.17, 15) is 4.79 Å². The number of carbonyl (C=O) groups excluding carboxylic acids is 1. The van der Waals surface area contributed by atoms with Gasteiger partial charge in [-0.3, -0.25) is 0 Å². The Bertz CT molecular complexity index is 546. The Labute approximate surface area is 124 Å². The predicted octanol–water partition coefficient (Wildman–Crippen LogP) is 3.11. The fourth-order valence-electron chi connectivity index (χ4n) is 1.44. The van der Waals surface area contributed by atoms with Gasteiger partial charge in [-0.25, -0.2) is 19.7 Å². The zero-order valence-corrected chi connectivity index (χ0v) is 12.4. The lowest BCUT2D eigenvalue weighted by Gasteiger charge is -2.17. The molecule has 0 fully saturated rings. The van der Waals surface area contributed by atoms with Crippen molar-refractivity contribution in [2.45, 2.75) is 6.92 Å². The smallest absolute Gasteiger partial charge is 0.410 e. The van der Waals surface area contributed by atoms with Crippen molar-refractivity contribution in [3.63, 3.8) is 0 Å². The molecule has 98 valence electrons. The Morgan fingerprint density at radius 2 is 1.89 bits per heavy atom. The molecule has 2 rings (SSSR count). The van der Waals surface area contributed by atoms with E-state index in [1.54, 1.807) is 36.7 Å². The number of aromatic nitrogens is 2. The van der Waals surface area contributed by atoms with Gasteiger partial charge in [-0.15, -0.1) is 0 Å². The van der Waals surface area contributed by atoms with Crippen LogP contribution in [-0.2, 0) is 0 Å². The highest BCUT2D eigenvalue weighted by Gasteiger charge is 2.18. The second-order valence-electron chi connectivity index (χ2n) is 3.63. The first-order valence-corrected chi connectivity index (χ1v) is 6.80. The fourth-order valence-corrected chi connectivity index (χ4v) is 1.72. The van der Waals surface area contributed by atoms with E-state index in [1.807, 2.05) is 13.0 Å². The quantitative estimate of drug-likeness (QED) is 0.781. The highest BCUT2D eigenvalue weighted by atomic mass is 127. The Kier molecular flexibility index (Phi) is 4.67. The van der Waals surface area contributed by atoms with E-state index < -0.39 is 6.09 Å². The van der Waals surface area contributed by atoms with E-state index in [1.165, 1.54) is 4.90 Å². The maximum absolute atomic E-state index is 12.1. The van der Waals surface area contributed by atoms with Gasteiger partial charge in [0, 0.05) is 22.5 Å². The van der Waals surface area contributed by atoms with E-state index in [4.69, 9.17) is 4.74 Å². The van der Waals surface area contributed by atoms with Gasteiger partial charge < -0.3 is 4.74 Å². The minimum atomic E-state index is -0.491. The minimum Gasteiger partial charge on any atom is -0.410 e. The molecule has 0 aliphatic rings. The Morgan fingerprint density at radius 1 is 1.26 bits per heavy atom. The Morgan fingerprint density at radius 3 is 2.47 bits per heavy atom. The molecule has 0 radical (unpaired) electrons. The maximum atomic E-state index is 12.1. The number of amides is 1. The number of carbonyl (C=O) groups is 1. The molecule has 1 heterocycles. The number of halogens is 1. The van der Waals surface area contributed by atoms with Crippen molar-refractivity contribution in [1.82, 2.24) is 9.97 Å². The Hall–Kier alpha value is -1.70. The van der Waals surface area contributed by atoms with E-state index in [-0.39, 0.29) is 0 Å². The van der Waals surface area contributed by atoms with Crippen LogP contribution in [0.15, 0.2) is 42.7 Å². The molecule has 0 N–H and O–H groups in total. The summed E-state index contributed by atoms with van der Waals surface area (Å²) >= 11 is 2.11. The van der Waals surface area contributed by atoms with Crippen LogP contribution in [0.1, 0.15) is 6.92 Å². The number of hydrogen-bond acceptors (Lipinski definition) is 4. The van der Waals surface area contributed by atoms with Crippen molar-refractivity contribution in [2.75, 3.05) is 11.4 Å². The van der Waals surface area contributed by atoms with Gasteiger partial charge in [-0.2, -0.15) is 0 Å². The third-order valence-corrected chi connectivity index (χ3v) is 2.89. The molecule has 0 saturated carbocycles. The first-order chi connectivity index (χ1) is 9.20. The number of anilines is 1. The zero-order chi connectivity index (χ0) is 13.7. The highest BCUT2D eigenvalue weighted by Crippen LogP contribution is 2.13. The molecule has 2 aromatic rings. The third-order valence-electron chi connectivity index (χ3n) is 2.33. The van der Waals surface area contributed by atoms with Crippen LogP contribution in [-0.4, -0.2) is 22.6 Å². The van der Waals surface area contributed by atoms with Crippen LogP contribution in [0.2, 0.25) is 0 Å². The van der Waals surface area contributed by atoms with E-state index in [0.29, 0.717) is 18.2 Å². The number of para-hydroxylation sites is 1. The molecule has 0 aliphatic heterocycles. The summed E-state index contributed by atoms with van der Waals surface area (Å²) in [6, 6.07) is 8.92. The van der Waals surface area contributed by atoms with Gasteiger partial charge in [0.25, 0.3) is 0 Å². The zero-order valence-electron chi connectivity index (χ0n) is 10.3. The lowest BCUT2D eigenvalue weighted by atomic mass is 10.3. The molecule has 1 aromatic heterocycles. The highest BCUT2D eigenvalue weighted by molar-refractivity contribution is 14.1. The first kappa shape index (κ1) is 13.7. The normalized spacial score (nSPS) is 10.0. The van der Waals surface area contributed by atoms with E-state index in [2.05, 4.69) is 32.6 Å². The van der Waals surface area contributed by atoms with Crippen LogP contribution in [0.4, 0.5) is 10.7 Å². The van der Waals surface area contributed by atoms with Gasteiger partial charge in [-0.05, 0) is 41.6 Å². The molecule has 0 aliphatic carbocycles. The van der Waals surface area contributed by atoms with Crippen LogP contribution >= 0.6 is 22.6 Å². The summed E-state index contributed by atoms with van der Waals surface area (Å²) in [5.74, 6) is 0.834. The molecule has 0 atom stereocenters. The second-order valence-corrected chi connectivity index (χ2v) is 4.87. The van der Waals surface area contributed by atoms with E-state index >= 15 is 0 Å². The predicted molar refractivity (Wildman–Crippen MR) is 80.2 cm³/mol. The number of ether oxygens (including phenoxy) is 1. The van der Waals surface area contributed by atoms with Gasteiger partial charge in [0.05, 0.1) is 0 Å². The molecule has 0 bridgehead atoms. The monoisotopic (exact) mass is 369 g/mol. The summed E-state index contributed by atoms with van der Waals surface area (Å²) in [6.45, 7) is 2.28. The molecule has 0 saturated heterocycles. The minimum absolute atomic E-state index is 0.337. The summed E-state index contributed by atoms with van der Waals surface area (Å²) in [5.41, 5.74) is 0. The number of benzene rings is 1. The summed E-state index contributed by atoms with van der Waals surface area (Å²) in [7, 11) is 0. The van der Waals surface area contributed by atoms with Gasteiger partial charge >= 0.3 is 6.09 Å². The van der Waals surface area contributed by atoms with Gasteiger partial charge in [0.2, 0.25) is 5.95 Å². The number of hydrogen-bond donors (Lipinski definition) is 0. The SMILES string of the molecule is CCN(C(=O)Oc1ccccc1)c1ncc(I)cn1. The fraction of sp³-hybridized carbons (Fsp3) is 0.154. The molecule has 1 amide bonds. The summed E-state index contributed by atoms with van der Waals surface area (Å²) in [6.07, 6.45) is 2.82. The first-order valence-electron chi connectivity index (χ1n) is 5.72. The summed E-state index contributed by atoms with van der Waals surface area (Å²) in [4.78, 5) is 21.7. The number of rotatable bonds is 3. The molecule has 1 aromatic carbocycles. The maximum Gasteiger partial charge on any atom is 0.422 e. The van der Waals surface area contributed by atoms with Crippen LogP contribution in [0.25, 0.3) is 0 Å². The molecule has 6 heteroatoms. The largest absolute Gasteiger partial charge is 0.422 e. The van der Waals surface area contributed by atoms with Gasteiger partial charge in [-0.1, -0.05) is 18.2 Å². The van der Waals surface area contributed by atoms with Crippen molar-refractivity contribution in [3.8, 4) is 5.75 Å². The Balaban J connectivity index is 2.13. The average molecular weight is 369 g/mol. The van der Waals surface area contributed by atoms with Crippen molar-refractivity contribution in [1.29, 1.82) is 0 Å². The van der Waals surface area contributed by atoms with Crippen LogP contribution < -0.4 is 9.64 Å². The van der Waals surface area contributed by atoms with E-state index in [0.717, 1.165) is 3.57 Å². The molecule has 0 spiro atoms. The van der Waals surface area contributed by atoms with Crippen LogP contribution in [0, 0.1) is 3.57 Å². The lowest BCUT2D eigenvalue weighted by molar-refractivity contribution is 0.207. The van der Waals surface area contributed by atoms with Crippen molar-refractivity contribution in [3.05, 3.63) is 46.3 Å². The molecular formula is C13H12IN3O2. The van der Waals surface area contributed by atoms with Crippen LogP contribution in [0.3, 0.4) is 0 Å². The topological polar surface area (TPSA) is 55.3 Å². The van der Waals surface area contributed by atoms with Crippen molar-refractivity contribution >= 4 is 34.6 Å². The standard InChI is InChI=1S/C13H12IN3O2/c1-2-17(12-15-8-10(14)9-16-12)13(18)19-11-6-4-3-5-7-11/h3-9H,2H2,1H3. The third kappa shape index (κ3) is 3.63. The van der Waals surface area contributed by atoms with Gasteiger partial charge in [0.15, 0.2) is 0 Å². The second kappa shape index (κ2) is 6.46. The van der Waals surface area contributed by atoms with Crippen molar-refractivity contribution in [2.24, 2.45) is 0 Å². The van der Waals surface area contributed by atoms with Gasteiger partial charge in [0.1, 0.15) is 5.75 Å². The lowest BCUT2D eigenvalue weighted by Crippen LogP contribution is -2.34. The molecule has 0 unspecified atom stereocenters. The summed E-state index contributed by atoms with van der Waals surface area (Å²) < 4.78 is 6.17. The molecule has 19 heavy (non-hydrogen) atoms. The van der Waals surface area contributed by atoms with Crippen LogP contribution in [0.5, 0.6) is 5.75 Å². The molecular weight excluding hydrogens is 357 g/mol.